The number of nitro benzene ring substituents is 1. The molecule has 132 valence electrons. The zero-order valence-corrected chi connectivity index (χ0v) is 14.5. The first-order chi connectivity index (χ1) is 12.4. The zero-order valence-electron chi connectivity index (χ0n) is 13.7. The van der Waals surface area contributed by atoms with Gasteiger partial charge in [0.05, 0.1) is 20.7 Å². The van der Waals surface area contributed by atoms with Gasteiger partial charge in [-0.2, -0.15) is 4.39 Å². The molecule has 1 heterocycles. The molecule has 0 unspecified atom stereocenters. The summed E-state index contributed by atoms with van der Waals surface area (Å²) in [5, 5.41) is 14.6. The SMILES string of the molecule is C[C@@H](Sc1ccc2ccccc2n1)C(=O)Nc1ccc(F)c([N+](=O)[O-])c1. The lowest BCUT2D eigenvalue weighted by atomic mass is 10.2. The lowest BCUT2D eigenvalue weighted by Crippen LogP contribution is -2.22. The molecule has 0 aliphatic carbocycles. The number of hydrogen-bond acceptors (Lipinski definition) is 5. The van der Waals surface area contributed by atoms with Crippen LogP contribution in [0.1, 0.15) is 6.92 Å². The van der Waals surface area contributed by atoms with E-state index >= 15 is 0 Å². The second-order valence-electron chi connectivity index (χ2n) is 5.51. The normalized spacial score (nSPS) is 11.9. The van der Waals surface area contributed by atoms with Crippen molar-refractivity contribution in [3.63, 3.8) is 0 Å². The predicted molar refractivity (Wildman–Crippen MR) is 98.7 cm³/mol. The number of carbonyl (C=O) groups is 1. The zero-order chi connectivity index (χ0) is 18.7. The molecule has 1 atom stereocenters. The Morgan fingerprint density at radius 3 is 2.77 bits per heavy atom. The Morgan fingerprint density at radius 1 is 1.23 bits per heavy atom. The van der Waals surface area contributed by atoms with E-state index in [1.165, 1.54) is 17.8 Å². The molecule has 1 amide bonds. The first-order valence-corrected chi connectivity index (χ1v) is 8.59. The standard InChI is InChI=1S/C18H14FN3O3S/c1-11(26-17-9-6-12-4-2-3-5-15(12)21-17)18(23)20-13-7-8-14(19)16(10-13)22(24)25/h2-11H,1H3,(H,20,23)/t11-/m1/s1. The van der Waals surface area contributed by atoms with Crippen LogP contribution >= 0.6 is 11.8 Å². The van der Waals surface area contributed by atoms with Crippen LogP contribution in [0.5, 0.6) is 0 Å². The molecule has 1 N–H and O–H groups in total. The van der Waals surface area contributed by atoms with Crippen molar-refractivity contribution in [2.45, 2.75) is 17.2 Å². The number of nitrogens with one attached hydrogen (secondary N) is 1. The molecule has 0 fully saturated rings. The van der Waals surface area contributed by atoms with Crippen molar-refractivity contribution in [3.05, 3.63) is 70.5 Å². The second-order valence-corrected chi connectivity index (χ2v) is 6.88. The smallest absolute Gasteiger partial charge is 0.306 e. The van der Waals surface area contributed by atoms with Crippen LogP contribution in [-0.4, -0.2) is 21.1 Å². The highest BCUT2D eigenvalue weighted by Gasteiger charge is 2.19. The van der Waals surface area contributed by atoms with Crippen LogP contribution in [-0.2, 0) is 4.79 Å². The minimum atomic E-state index is -0.948. The van der Waals surface area contributed by atoms with E-state index in [2.05, 4.69) is 10.3 Å². The second kappa shape index (κ2) is 7.49. The number of rotatable bonds is 5. The maximum absolute atomic E-state index is 13.4. The number of nitro groups is 1. The first kappa shape index (κ1) is 17.8. The lowest BCUT2D eigenvalue weighted by molar-refractivity contribution is -0.387. The van der Waals surface area contributed by atoms with Gasteiger partial charge >= 0.3 is 5.69 Å². The summed E-state index contributed by atoms with van der Waals surface area (Å²) in [4.78, 5) is 26.8. The number of aromatic nitrogens is 1. The summed E-state index contributed by atoms with van der Waals surface area (Å²) in [5.74, 6) is -1.30. The lowest BCUT2D eigenvalue weighted by Gasteiger charge is -2.12. The Bertz CT molecular complexity index is 996. The van der Waals surface area contributed by atoms with E-state index in [-0.39, 0.29) is 11.6 Å². The van der Waals surface area contributed by atoms with Crippen molar-refractivity contribution < 1.29 is 14.1 Å². The highest BCUT2D eigenvalue weighted by molar-refractivity contribution is 8.00. The van der Waals surface area contributed by atoms with Gasteiger partial charge in [0.1, 0.15) is 0 Å². The summed E-state index contributed by atoms with van der Waals surface area (Å²) in [6.45, 7) is 1.70. The van der Waals surface area contributed by atoms with Gasteiger partial charge in [0.2, 0.25) is 11.7 Å². The minimum absolute atomic E-state index is 0.169. The summed E-state index contributed by atoms with van der Waals surface area (Å²) < 4.78 is 13.4. The van der Waals surface area contributed by atoms with Gasteiger partial charge in [-0.25, -0.2) is 4.98 Å². The quantitative estimate of drug-likeness (QED) is 0.408. The van der Waals surface area contributed by atoms with Gasteiger partial charge in [0, 0.05) is 17.1 Å². The number of thioether (sulfide) groups is 1. The maximum Gasteiger partial charge on any atom is 0.306 e. The average molecular weight is 371 g/mol. The number of amides is 1. The van der Waals surface area contributed by atoms with Crippen LogP contribution in [0.3, 0.4) is 0 Å². The van der Waals surface area contributed by atoms with Crippen molar-refractivity contribution >= 4 is 39.9 Å². The fourth-order valence-electron chi connectivity index (χ4n) is 2.32. The van der Waals surface area contributed by atoms with E-state index in [1.54, 1.807) is 6.92 Å². The molecular weight excluding hydrogens is 357 g/mol. The van der Waals surface area contributed by atoms with Crippen LogP contribution in [0.15, 0.2) is 59.6 Å². The molecule has 6 nitrogen and oxygen atoms in total. The molecule has 1 aromatic heterocycles. The Balaban J connectivity index is 1.71. The van der Waals surface area contributed by atoms with E-state index < -0.39 is 21.7 Å². The molecular formula is C18H14FN3O3S. The van der Waals surface area contributed by atoms with Gasteiger partial charge in [-0.05, 0) is 31.2 Å². The largest absolute Gasteiger partial charge is 0.325 e. The molecule has 0 spiro atoms. The monoisotopic (exact) mass is 371 g/mol. The number of hydrogen-bond donors (Lipinski definition) is 1. The van der Waals surface area contributed by atoms with Gasteiger partial charge in [-0.15, -0.1) is 0 Å². The molecule has 2 aromatic carbocycles. The number of fused-ring (bicyclic) bond motifs is 1. The highest BCUT2D eigenvalue weighted by atomic mass is 32.2. The van der Waals surface area contributed by atoms with E-state index in [9.17, 15) is 19.3 Å². The van der Waals surface area contributed by atoms with Gasteiger partial charge in [-0.3, -0.25) is 14.9 Å². The van der Waals surface area contributed by atoms with Crippen LogP contribution in [0, 0.1) is 15.9 Å². The molecule has 0 aliphatic heterocycles. The molecule has 8 heteroatoms. The molecule has 3 aromatic rings. The van der Waals surface area contributed by atoms with Gasteiger partial charge in [0.15, 0.2) is 0 Å². The van der Waals surface area contributed by atoms with Gasteiger partial charge < -0.3 is 5.32 Å². The van der Waals surface area contributed by atoms with Crippen molar-refractivity contribution in [1.29, 1.82) is 0 Å². The van der Waals surface area contributed by atoms with Crippen LogP contribution in [0.25, 0.3) is 10.9 Å². The Kier molecular flexibility index (Phi) is 5.13. The van der Waals surface area contributed by atoms with Gasteiger partial charge in [0.25, 0.3) is 0 Å². The number of anilines is 1. The number of pyridine rings is 1. The molecule has 0 radical (unpaired) electrons. The molecule has 0 saturated heterocycles. The fourth-order valence-corrected chi connectivity index (χ4v) is 3.15. The third-order valence-corrected chi connectivity index (χ3v) is 4.69. The fraction of sp³-hybridized carbons (Fsp3) is 0.111. The number of para-hydroxylation sites is 1. The third-order valence-electron chi connectivity index (χ3n) is 3.65. The van der Waals surface area contributed by atoms with Crippen LogP contribution in [0.2, 0.25) is 0 Å². The summed E-state index contributed by atoms with van der Waals surface area (Å²) >= 11 is 1.27. The number of carbonyl (C=O) groups excluding carboxylic acids is 1. The summed E-state index contributed by atoms with van der Waals surface area (Å²) in [7, 11) is 0. The van der Waals surface area contributed by atoms with E-state index in [1.807, 2.05) is 36.4 Å². The van der Waals surface area contributed by atoms with Crippen LogP contribution < -0.4 is 5.32 Å². The molecule has 0 bridgehead atoms. The Labute approximate surface area is 152 Å². The molecule has 0 aliphatic rings. The Hall–Kier alpha value is -3.00. The van der Waals surface area contributed by atoms with E-state index in [4.69, 9.17) is 0 Å². The summed E-state index contributed by atoms with van der Waals surface area (Å²) in [6.07, 6.45) is 0. The van der Waals surface area contributed by atoms with Crippen molar-refractivity contribution in [3.8, 4) is 0 Å². The Morgan fingerprint density at radius 2 is 2.00 bits per heavy atom. The van der Waals surface area contributed by atoms with Crippen molar-refractivity contribution in [2.75, 3.05) is 5.32 Å². The topological polar surface area (TPSA) is 85.1 Å². The van der Waals surface area contributed by atoms with Crippen molar-refractivity contribution in [2.24, 2.45) is 0 Å². The number of halogens is 1. The first-order valence-electron chi connectivity index (χ1n) is 7.71. The molecule has 26 heavy (non-hydrogen) atoms. The van der Waals surface area contributed by atoms with Crippen LogP contribution in [0.4, 0.5) is 15.8 Å². The highest BCUT2D eigenvalue weighted by Crippen LogP contribution is 2.26. The van der Waals surface area contributed by atoms with E-state index in [0.717, 1.165) is 23.0 Å². The predicted octanol–water partition coefficient (Wildman–Crippen LogP) is 4.40. The maximum atomic E-state index is 13.4. The number of nitrogens with zero attached hydrogens (tertiary/aromatic N) is 2. The van der Waals surface area contributed by atoms with Crippen molar-refractivity contribution in [1.82, 2.24) is 4.98 Å². The third kappa shape index (κ3) is 3.97. The number of benzene rings is 2. The minimum Gasteiger partial charge on any atom is -0.325 e. The molecule has 3 rings (SSSR count). The summed E-state index contributed by atoms with van der Waals surface area (Å²) in [6, 6.07) is 14.7. The van der Waals surface area contributed by atoms with E-state index in [0.29, 0.717) is 5.03 Å². The molecule has 0 saturated carbocycles. The average Bonchev–Trinajstić information content (AvgIpc) is 2.63. The van der Waals surface area contributed by atoms with Gasteiger partial charge in [-0.1, -0.05) is 36.0 Å². The summed E-state index contributed by atoms with van der Waals surface area (Å²) in [5.41, 5.74) is 0.320.